The lowest BCUT2D eigenvalue weighted by atomic mass is 9.75. The third-order valence-corrected chi connectivity index (χ3v) is 10.6. The van der Waals surface area contributed by atoms with Crippen molar-refractivity contribution in [2.24, 2.45) is 23.7 Å². The Morgan fingerprint density at radius 3 is 2.11 bits per heavy atom. The highest BCUT2D eigenvalue weighted by molar-refractivity contribution is 6.21. The zero-order valence-corrected chi connectivity index (χ0v) is 32.6. The molecule has 1 aromatic carbocycles. The van der Waals surface area contributed by atoms with Gasteiger partial charge in [-0.2, -0.15) is 0 Å². The van der Waals surface area contributed by atoms with Crippen molar-refractivity contribution in [2.45, 2.75) is 92.3 Å². The van der Waals surface area contributed by atoms with Crippen LogP contribution in [0.2, 0.25) is 0 Å². The predicted molar refractivity (Wildman–Crippen MR) is 198 cm³/mol. The van der Waals surface area contributed by atoms with E-state index in [2.05, 4.69) is 5.32 Å². The van der Waals surface area contributed by atoms with E-state index < -0.39 is 89.9 Å². The van der Waals surface area contributed by atoms with Crippen LogP contribution in [-0.2, 0) is 28.6 Å². The molecule has 1 aromatic rings. The summed E-state index contributed by atoms with van der Waals surface area (Å²) in [4.78, 5) is 53.0. The van der Waals surface area contributed by atoms with Gasteiger partial charge in [-0.15, -0.1) is 0 Å². The number of methoxy groups -OCH3 is 1. The molecule has 0 aromatic heterocycles. The maximum atomic E-state index is 14.0. The Balaban J connectivity index is 2.07. The SMILES string of the molecule is COC(=O)[C@@H]1[C@H](O)[C@H](C)[C@H](O)[C@H](C)/C=C\C=C(/C)C(=O)Nc2c(C)c(OC(C)=O)c3c(c2O)C(=O)C(C)=C2OCOC(=C23)/C(C)=C/[C@](C)(O)[C@H](O)[C@@H](C)[C@H]1O. The zero-order chi connectivity index (χ0) is 41.4. The molecule has 0 unspecified atom stereocenters. The van der Waals surface area contributed by atoms with Gasteiger partial charge in [0.15, 0.2) is 11.5 Å². The fraction of sp³-hybridized carbons (Fsp3) is 0.500. The van der Waals surface area contributed by atoms with E-state index in [0.29, 0.717) is 0 Å². The summed E-state index contributed by atoms with van der Waals surface area (Å²) in [6.45, 7) is 12.3. The molecular weight excluding hydrogens is 718 g/mol. The average molecular weight is 770 g/mol. The van der Waals surface area contributed by atoms with Crippen LogP contribution in [0.3, 0.4) is 0 Å². The Morgan fingerprint density at radius 1 is 0.909 bits per heavy atom. The van der Waals surface area contributed by atoms with Crippen LogP contribution >= 0.6 is 0 Å². The number of carbonyl (C=O) groups excluding carboxylic acids is 4. The maximum Gasteiger partial charge on any atom is 0.313 e. The van der Waals surface area contributed by atoms with Gasteiger partial charge in [0.25, 0.3) is 5.91 Å². The topological polar surface area (TPSA) is 239 Å². The first-order valence-corrected chi connectivity index (χ1v) is 17.8. The molecule has 15 nitrogen and oxygen atoms in total. The molecule has 7 N–H and O–H groups in total. The number of aromatic hydroxyl groups is 1. The molecule has 0 radical (unpaired) electrons. The molecule has 4 aliphatic rings. The van der Waals surface area contributed by atoms with Crippen molar-refractivity contribution in [3.05, 3.63) is 69.2 Å². The number of Topliss-reactive ketones (excluding diaryl/α,β-unsaturated/α-hetero) is 1. The Morgan fingerprint density at radius 2 is 1.51 bits per heavy atom. The number of hydrogen-bond donors (Lipinski definition) is 7. The highest BCUT2D eigenvalue weighted by Crippen LogP contribution is 2.53. The van der Waals surface area contributed by atoms with Crippen LogP contribution in [0.1, 0.15) is 76.9 Å². The van der Waals surface area contributed by atoms with Gasteiger partial charge in [0.05, 0.1) is 48.3 Å². The van der Waals surface area contributed by atoms with E-state index in [4.69, 9.17) is 18.9 Å². The predicted octanol–water partition coefficient (Wildman–Crippen LogP) is 3.10. The summed E-state index contributed by atoms with van der Waals surface area (Å²) in [6, 6.07) is 0. The average Bonchev–Trinajstić information content (AvgIpc) is 3.13. The number of amides is 1. The number of nitrogens with one attached hydrogen (secondary N) is 1. The molecule has 0 fully saturated rings. The van der Waals surface area contributed by atoms with Gasteiger partial charge in [-0.1, -0.05) is 39.0 Å². The second-order valence-electron chi connectivity index (χ2n) is 14.7. The molecule has 55 heavy (non-hydrogen) atoms. The summed E-state index contributed by atoms with van der Waals surface area (Å²) in [6.07, 6.45) is -0.878. The first-order chi connectivity index (χ1) is 25.6. The molecule has 1 amide bonds. The number of benzene rings is 1. The number of ether oxygens (including phenoxy) is 4. The number of ketones is 1. The van der Waals surface area contributed by atoms with Crippen molar-refractivity contribution in [3.8, 4) is 11.5 Å². The lowest BCUT2D eigenvalue weighted by Crippen LogP contribution is -2.53. The van der Waals surface area contributed by atoms with Crippen molar-refractivity contribution in [2.75, 3.05) is 19.2 Å². The Bertz CT molecular complexity index is 1920. The van der Waals surface area contributed by atoms with Crippen LogP contribution in [0.5, 0.6) is 11.5 Å². The number of hydrogen-bond acceptors (Lipinski definition) is 14. The quantitative estimate of drug-likeness (QED) is 0.130. The molecule has 5 rings (SSSR count). The summed E-state index contributed by atoms with van der Waals surface area (Å²) in [5, 5.41) is 71.8. The van der Waals surface area contributed by atoms with E-state index in [9.17, 15) is 49.8 Å². The highest BCUT2D eigenvalue weighted by atomic mass is 16.7. The molecular formula is C40H51NO14. The van der Waals surface area contributed by atoms with Crippen LogP contribution < -0.4 is 10.1 Å². The van der Waals surface area contributed by atoms with Crippen LogP contribution in [0.4, 0.5) is 5.69 Å². The van der Waals surface area contributed by atoms with Gasteiger partial charge in [-0.3, -0.25) is 19.2 Å². The molecule has 9 atom stereocenters. The number of fused-ring (bicyclic) bond motifs is 14. The molecule has 4 bridgehead atoms. The third kappa shape index (κ3) is 8.12. The molecule has 15 heteroatoms. The number of phenols is 1. The molecule has 3 heterocycles. The zero-order valence-electron chi connectivity index (χ0n) is 32.6. The van der Waals surface area contributed by atoms with Gasteiger partial charge in [0.2, 0.25) is 6.79 Å². The Kier molecular flexibility index (Phi) is 12.9. The van der Waals surface area contributed by atoms with Gasteiger partial charge in [-0.25, -0.2) is 0 Å². The molecule has 0 saturated carbocycles. The van der Waals surface area contributed by atoms with Crippen LogP contribution in [0.25, 0.3) is 5.57 Å². The van der Waals surface area contributed by atoms with Gasteiger partial charge < -0.3 is 54.9 Å². The Hall–Kier alpha value is -4.80. The summed E-state index contributed by atoms with van der Waals surface area (Å²) in [7, 11) is 1.06. The minimum absolute atomic E-state index is 0.00256. The molecule has 0 spiro atoms. The van der Waals surface area contributed by atoms with Crippen LogP contribution in [-0.4, -0.2) is 98.2 Å². The van der Waals surface area contributed by atoms with Crippen molar-refractivity contribution >= 4 is 34.9 Å². The van der Waals surface area contributed by atoms with E-state index in [1.54, 1.807) is 13.0 Å². The number of anilines is 1. The number of aliphatic hydroxyl groups is 5. The van der Waals surface area contributed by atoms with Gasteiger partial charge in [0, 0.05) is 47.0 Å². The fourth-order valence-electron chi connectivity index (χ4n) is 7.28. The molecule has 0 saturated heterocycles. The summed E-state index contributed by atoms with van der Waals surface area (Å²) in [5.41, 5.74) is -2.34. The van der Waals surface area contributed by atoms with E-state index in [0.717, 1.165) is 14.0 Å². The minimum atomic E-state index is -2.17. The highest BCUT2D eigenvalue weighted by Gasteiger charge is 2.47. The maximum absolute atomic E-state index is 14.0. The number of carbonyl (C=O) groups is 4. The van der Waals surface area contributed by atoms with Gasteiger partial charge >= 0.3 is 11.9 Å². The largest absolute Gasteiger partial charge is 0.505 e. The first-order valence-electron chi connectivity index (χ1n) is 17.8. The summed E-state index contributed by atoms with van der Waals surface area (Å²) >= 11 is 0. The van der Waals surface area contributed by atoms with E-state index >= 15 is 0 Å². The summed E-state index contributed by atoms with van der Waals surface area (Å²) < 4.78 is 22.3. The second-order valence-corrected chi connectivity index (χ2v) is 14.7. The lowest BCUT2D eigenvalue weighted by Gasteiger charge is -2.39. The first kappa shape index (κ1) is 42.9. The number of esters is 2. The molecule has 1 aliphatic carbocycles. The fourth-order valence-corrected chi connectivity index (χ4v) is 7.28. The van der Waals surface area contributed by atoms with Crippen molar-refractivity contribution in [1.29, 1.82) is 0 Å². The van der Waals surface area contributed by atoms with Crippen molar-refractivity contribution in [3.63, 3.8) is 0 Å². The monoisotopic (exact) mass is 769 g/mol. The second kappa shape index (κ2) is 16.5. The summed E-state index contributed by atoms with van der Waals surface area (Å²) in [5.74, 6) is -8.68. The Labute approximate surface area is 319 Å². The van der Waals surface area contributed by atoms with Crippen molar-refractivity contribution in [1.82, 2.24) is 0 Å². The van der Waals surface area contributed by atoms with Crippen LogP contribution in [0, 0.1) is 30.6 Å². The third-order valence-electron chi connectivity index (χ3n) is 10.6. The van der Waals surface area contributed by atoms with Gasteiger partial charge in [0.1, 0.15) is 28.8 Å². The van der Waals surface area contributed by atoms with E-state index in [-0.39, 0.29) is 61.9 Å². The molecule has 300 valence electrons. The molecule has 3 aliphatic heterocycles. The normalized spacial score (nSPS) is 33.3. The lowest BCUT2D eigenvalue weighted by molar-refractivity contribution is -0.168. The van der Waals surface area contributed by atoms with Crippen molar-refractivity contribution < 1.29 is 68.8 Å². The number of rotatable bonds is 2. The minimum Gasteiger partial charge on any atom is -0.505 e. The van der Waals surface area contributed by atoms with Gasteiger partial charge in [-0.05, 0) is 46.3 Å². The number of aliphatic hydroxyl groups excluding tert-OH is 4. The van der Waals surface area contributed by atoms with E-state index in [1.807, 2.05) is 0 Å². The van der Waals surface area contributed by atoms with Crippen LogP contribution in [0.15, 0.2) is 52.5 Å². The number of phenolic OH excluding ortho intramolecular Hbond substituents is 1. The smallest absolute Gasteiger partial charge is 0.313 e. The standard InChI is InChI=1S/C40H51NO14/c1-16-12-11-13-17(2)38(49)41-28-19(4)36(55-23(8)42)24-25(33(28)47)31(45)21(6)35-26(24)34(53-15-54-35)18(3)14-40(9,51)37(48)22(7)32(46)27(39(50)52-10)30(44)20(5)29(16)43/h11-14,16,20,22,27,29-30,32,37,43-44,46-48,51H,15H2,1-10H3,(H,41,49)/b12-11-,17-13+,18-14+/t16-,20-,22+,27-,29-,30-,32-,37-,40+/m1/s1. The van der Waals surface area contributed by atoms with E-state index in [1.165, 1.54) is 66.7 Å². The number of allylic oxidation sites excluding steroid dienone is 5.